The maximum Gasteiger partial charge on any atom is 0.416 e. The number of hydrogen-bond acceptors (Lipinski definition) is 4. The van der Waals surface area contributed by atoms with E-state index in [9.17, 15) is 22.8 Å². The maximum absolute atomic E-state index is 12.6. The highest BCUT2D eigenvalue weighted by molar-refractivity contribution is 5.98. The molecule has 3 rings (SSSR count). The zero-order valence-electron chi connectivity index (χ0n) is 13.9. The minimum absolute atomic E-state index is 0.00451. The van der Waals surface area contributed by atoms with Crippen LogP contribution >= 0.6 is 0 Å². The molecule has 1 aliphatic heterocycles. The van der Waals surface area contributed by atoms with Crippen molar-refractivity contribution in [2.24, 2.45) is 0 Å². The van der Waals surface area contributed by atoms with E-state index in [0.717, 1.165) is 12.1 Å². The number of rotatable bonds is 5. The molecule has 1 aliphatic rings. The number of alkyl halides is 3. The molecule has 0 spiro atoms. The molecular formula is C18H15F3N2O4. The number of carbonyl (C=O) groups excluding carboxylic acids is 2. The first-order chi connectivity index (χ1) is 12.8. The number of hydrogen-bond donors (Lipinski definition) is 2. The van der Waals surface area contributed by atoms with Gasteiger partial charge in [-0.2, -0.15) is 13.2 Å². The van der Waals surface area contributed by atoms with Crippen molar-refractivity contribution in [1.29, 1.82) is 0 Å². The van der Waals surface area contributed by atoms with E-state index >= 15 is 0 Å². The largest absolute Gasteiger partial charge is 0.492 e. The van der Waals surface area contributed by atoms with Crippen molar-refractivity contribution < 1.29 is 32.2 Å². The molecular weight excluding hydrogens is 365 g/mol. The highest BCUT2D eigenvalue weighted by Crippen LogP contribution is 2.31. The predicted octanol–water partition coefficient (Wildman–Crippen LogP) is 2.85. The standard InChI is InChI=1S/C18H15F3N2O4/c19-18(20,21)12-2-1-3-13(9-12)26-7-6-22-17(25)11-4-5-14-15(8-11)27-10-16(24)23-14/h1-5,8-9H,6-7,10H2,(H,22,25)(H,23,24). The van der Waals surface area contributed by atoms with Gasteiger partial charge >= 0.3 is 6.18 Å². The van der Waals surface area contributed by atoms with Crippen LogP contribution in [0.1, 0.15) is 15.9 Å². The maximum atomic E-state index is 12.6. The zero-order chi connectivity index (χ0) is 19.4. The smallest absolute Gasteiger partial charge is 0.416 e. The molecule has 0 radical (unpaired) electrons. The Balaban J connectivity index is 1.51. The van der Waals surface area contributed by atoms with Crippen molar-refractivity contribution in [3.63, 3.8) is 0 Å². The van der Waals surface area contributed by atoms with Crippen LogP contribution in [0.25, 0.3) is 0 Å². The van der Waals surface area contributed by atoms with Crippen LogP contribution in [0.2, 0.25) is 0 Å². The molecule has 0 aromatic heterocycles. The Labute approximate surface area is 152 Å². The number of benzene rings is 2. The number of carbonyl (C=O) groups is 2. The summed E-state index contributed by atoms with van der Waals surface area (Å²) in [5.74, 6) is -0.211. The lowest BCUT2D eigenvalue weighted by molar-refractivity contribution is -0.137. The third-order valence-electron chi connectivity index (χ3n) is 3.69. The molecule has 2 amide bonds. The molecule has 0 atom stereocenters. The monoisotopic (exact) mass is 380 g/mol. The minimum atomic E-state index is -4.44. The number of halogens is 3. The van der Waals surface area contributed by atoms with Gasteiger partial charge in [0.25, 0.3) is 11.8 Å². The topological polar surface area (TPSA) is 76.7 Å². The van der Waals surface area contributed by atoms with Crippen molar-refractivity contribution >= 4 is 17.5 Å². The number of amides is 2. The molecule has 9 heteroatoms. The fraction of sp³-hybridized carbons (Fsp3) is 0.222. The second-order valence-corrected chi connectivity index (χ2v) is 5.68. The van der Waals surface area contributed by atoms with Crippen LogP contribution in [-0.2, 0) is 11.0 Å². The van der Waals surface area contributed by atoms with Gasteiger partial charge in [0.05, 0.1) is 17.8 Å². The van der Waals surface area contributed by atoms with Gasteiger partial charge in [-0.05, 0) is 36.4 Å². The zero-order valence-corrected chi connectivity index (χ0v) is 13.9. The molecule has 0 saturated carbocycles. The summed E-state index contributed by atoms with van der Waals surface area (Å²) in [6.45, 7) is -0.0167. The van der Waals surface area contributed by atoms with E-state index in [-0.39, 0.29) is 31.4 Å². The second kappa shape index (κ2) is 7.56. The van der Waals surface area contributed by atoms with Crippen LogP contribution in [0.15, 0.2) is 42.5 Å². The van der Waals surface area contributed by atoms with Crippen LogP contribution in [0.5, 0.6) is 11.5 Å². The summed E-state index contributed by atoms with van der Waals surface area (Å²) in [5.41, 5.74) is 0.00448. The molecule has 6 nitrogen and oxygen atoms in total. The van der Waals surface area contributed by atoms with Crippen molar-refractivity contribution in [2.45, 2.75) is 6.18 Å². The van der Waals surface area contributed by atoms with Gasteiger partial charge in [-0.1, -0.05) is 6.07 Å². The summed E-state index contributed by atoms with van der Waals surface area (Å²) in [7, 11) is 0. The number of ether oxygens (including phenoxy) is 2. The highest BCUT2D eigenvalue weighted by Gasteiger charge is 2.30. The van der Waals surface area contributed by atoms with E-state index in [4.69, 9.17) is 9.47 Å². The van der Waals surface area contributed by atoms with E-state index in [1.807, 2.05) is 0 Å². The molecule has 2 N–H and O–H groups in total. The lowest BCUT2D eigenvalue weighted by atomic mass is 10.1. The molecule has 27 heavy (non-hydrogen) atoms. The first-order valence-electron chi connectivity index (χ1n) is 7.98. The van der Waals surface area contributed by atoms with Gasteiger partial charge in [0, 0.05) is 5.56 Å². The van der Waals surface area contributed by atoms with Crippen LogP contribution in [0.4, 0.5) is 18.9 Å². The van der Waals surface area contributed by atoms with E-state index in [2.05, 4.69) is 10.6 Å². The van der Waals surface area contributed by atoms with Gasteiger partial charge in [0.2, 0.25) is 0 Å². The Bertz CT molecular complexity index is 868. The molecule has 0 aliphatic carbocycles. The normalized spacial score (nSPS) is 13.2. The molecule has 2 aromatic rings. The van der Waals surface area contributed by atoms with E-state index in [1.54, 1.807) is 6.07 Å². The lowest BCUT2D eigenvalue weighted by Gasteiger charge is -2.18. The van der Waals surface area contributed by atoms with Crippen molar-refractivity contribution in [2.75, 3.05) is 25.1 Å². The fourth-order valence-corrected chi connectivity index (χ4v) is 2.41. The third kappa shape index (κ3) is 4.69. The average molecular weight is 380 g/mol. The molecule has 0 unspecified atom stereocenters. The van der Waals surface area contributed by atoms with E-state index in [1.165, 1.54) is 24.3 Å². The van der Waals surface area contributed by atoms with Crippen LogP contribution < -0.4 is 20.1 Å². The van der Waals surface area contributed by atoms with Gasteiger partial charge in [-0.15, -0.1) is 0 Å². The van der Waals surface area contributed by atoms with Gasteiger partial charge in [-0.3, -0.25) is 9.59 Å². The highest BCUT2D eigenvalue weighted by atomic mass is 19.4. The van der Waals surface area contributed by atoms with E-state index < -0.39 is 17.6 Å². The van der Waals surface area contributed by atoms with Gasteiger partial charge in [0.1, 0.15) is 18.1 Å². The summed E-state index contributed by atoms with van der Waals surface area (Å²) in [4.78, 5) is 23.4. The Morgan fingerprint density at radius 1 is 1.22 bits per heavy atom. The Morgan fingerprint density at radius 3 is 2.81 bits per heavy atom. The summed E-state index contributed by atoms with van der Waals surface area (Å²) in [6, 6.07) is 9.09. The molecule has 142 valence electrons. The van der Waals surface area contributed by atoms with Gasteiger partial charge in [0.15, 0.2) is 6.61 Å². The first-order valence-corrected chi connectivity index (χ1v) is 7.98. The van der Waals surface area contributed by atoms with Crippen molar-refractivity contribution in [3.05, 3.63) is 53.6 Å². The predicted molar refractivity (Wildman–Crippen MR) is 89.8 cm³/mol. The Morgan fingerprint density at radius 2 is 2.04 bits per heavy atom. The minimum Gasteiger partial charge on any atom is -0.492 e. The lowest BCUT2D eigenvalue weighted by Crippen LogP contribution is -2.29. The summed E-state index contributed by atoms with van der Waals surface area (Å²) < 4.78 is 48.4. The fourth-order valence-electron chi connectivity index (χ4n) is 2.41. The summed E-state index contributed by atoms with van der Waals surface area (Å²) in [6.07, 6.45) is -4.44. The molecule has 0 bridgehead atoms. The summed E-state index contributed by atoms with van der Waals surface area (Å²) >= 11 is 0. The second-order valence-electron chi connectivity index (χ2n) is 5.68. The molecule has 0 fully saturated rings. The molecule has 0 saturated heterocycles. The van der Waals surface area contributed by atoms with Gasteiger partial charge < -0.3 is 20.1 Å². The Kier molecular flexibility index (Phi) is 5.20. The van der Waals surface area contributed by atoms with Gasteiger partial charge in [-0.25, -0.2) is 0 Å². The van der Waals surface area contributed by atoms with Crippen LogP contribution in [0.3, 0.4) is 0 Å². The van der Waals surface area contributed by atoms with Crippen LogP contribution in [-0.4, -0.2) is 31.6 Å². The number of fused-ring (bicyclic) bond motifs is 1. The average Bonchev–Trinajstić information content (AvgIpc) is 2.64. The van der Waals surface area contributed by atoms with E-state index in [0.29, 0.717) is 17.0 Å². The third-order valence-corrected chi connectivity index (χ3v) is 3.69. The number of nitrogens with one attached hydrogen (secondary N) is 2. The first kappa shape index (κ1) is 18.6. The van der Waals surface area contributed by atoms with Crippen molar-refractivity contribution in [1.82, 2.24) is 5.32 Å². The van der Waals surface area contributed by atoms with Crippen molar-refractivity contribution in [3.8, 4) is 11.5 Å². The Hall–Kier alpha value is -3.23. The quantitative estimate of drug-likeness (QED) is 0.782. The molecule has 1 heterocycles. The molecule has 2 aromatic carbocycles. The number of anilines is 1. The van der Waals surface area contributed by atoms with Crippen LogP contribution in [0, 0.1) is 0 Å². The summed E-state index contributed by atoms with van der Waals surface area (Å²) in [5, 5.41) is 5.22. The SMILES string of the molecule is O=C1COc2cc(C(=O)NCCOc3cccc(C(F)(F)F)c3)ccc2N1.